The number of fused-ring (bicyclic) bond motifs is 1. The summed E-state index contributed by atoms with van der Waals surface area (Å²) in [7, 11) is 2.06. The molecule has 1 saturated carbocycles. The average Bonchev–Trinajstić information content (AvgIpc) is 2.77. The lowest BCUT2D eigenvalue weighted by molar-refractivity contribution is 0.298. The lowest BCUT2D eigenvalue weighted by atomic mass is 10.0. The minimum Gasteiger partial charge on any atom is -0.317 e. The molecule has 15 heavy (non-hydrogen) atoms. The molecule has 1 N–H and O–H groups in total. The molecule has 2 heteroatoms. The van der Waals surface area contributed by atoms with Crippen LogP contribution in [0.2, 0.25) is 0 Å². The SMILES string of the molecule is CNC(C)CCCN1CC2CCCC2C1. The van der Waals surface area contributed by atoms with Gasteiger partial charge < -0.3 is 10.2 Å². The lowest BCUT2D eigenvalue weighted by Crippen LogP contribution is -2.26. The van der Waals surface area contributed by atoms with E-state index in [1.807, 2.05) is 0 Å². The highest BCUT2D eigenvalue weighted by atomic mass is 15.2. The number of likely N-dealkylation sites (tertiary alicyclic amines) is 1. The van der Waals surface area contributed by atoms with Gasteiger partial charge in [0, 0.05) is 19.1 Å². The molecule has 1 saturated heterocycles. The third-order valence-corrected chi connectivity index (χ3v) is 4.41. The van der Waals surface area contributed by atoms with Crippen molar-refractivity contribution in [2.75, 3.05) is 26.7 Å². The number of nitrogens with zero attached hydrogens (tertiary/aromatic N) is 1. The zero-order chi connectivity index (χ0) is 10.7. The van der Waals surface area contributed by atoms with Crippen LogP contribution in [0.3, 0.4) is 0 Å². The van der Waals surface area contributed by atoms with Gasteiger partial charge in [0.2, 0.25) is 0 Å². The summed E-state index contributed by atoms with van der Waals surface area (Å²) in [6.45, 7) is 6.41. The van der Waals surface area contributed by atoms with Crippen LogP contribution in [-0.4, -0.2) is 37.6 Å². The smallest absolute Gasteiger partial charge is 0.00362 e. The molecule has 0 amide bonds. The molecule has 3 unspecified atom stereocenters. The summed E-state index contributed by atoms with van der Waals surface area (Å²) in [5.74, 6) is 2.12. The minimum absolute atomic E-state index is 0.687. The molecule has 3 atom stereocenters. The van der Waals surface area contributed by atoms with Crippen molar-refractivity contribution in [2.24, 2.45) is 11.8 Å². The Bertz CT molecular complexity index is 181. The van der Waals surface area contributed by atoms with Gasteiger partial charge in [-0.15, -0.1) is 0 Å². The van der Waals surface area contributed by atoms with Crippen molar-refractivity contribution in [3.63, 3.8) is 0 Å². The normalized spacial score (nSPS) is 33.2. The zero-order valence-corrected chi connectivity index (χ0v) is 10.3. The molecule has 0 radical (unpaired) electrons. The maximum absolute atomic E-state index is 3.31. The van der Waals surface area contributed by atoms with E-state index < -0.39 is 0 Å². The van der Waals surface area contributed by atoms with Gasteiger partial charge in [-0.25, -0.2) is 0 Å². The molecule has 0 aromatic rings. The van der Waals surface area contributed by atoms with E-state index in [1.165, 1.54) is 51.7 Å². The summed E-state index contributed by atoms with van der Waals surface area (Å²) in [6.07, 6.45) is 7.20. The van der Waals surface area contributed by atoms with E-state index in [0.29, 0.717) is 6.04 Å². The van der Waals surface area contributed by atoms with Crippen molar-refractivity contribution in [3.8, 4) is 0 Å². The van der Waals surface area contributed by atoms with Gasteiger partial charge in [-0.05, 0) is 58.0 Å². The molecular weight excluding hydrogens is 184 g/mol. The summed E-state index contributed by atoms with van der Waals surface area (Å²) in [5, 5.41) is 3.31. The van der Waals surface area contributed by atoms with E-state index in [4.69, 9.17) is 0 Å². The summed E-state index contributed by atoms with van der Waals surface area (Å²) in [5.41, 5.74) is 0. The molecule has 0 aromatic heterocycles. The number of rotatable bonds is 5. The Labute approximate surface area is 94.4 Å². The summed E-state index contributed by atoms with van der Waals surface area (Å²) in [4.78, 5) is 2.71. The summed E-state index contributed by atoms with van der Waals surface area (Å²) >= 11 is 0. The third kappa shape index (κ3) is 2.94. The second-order valence-corrected chi connectivity index (χ2v) is 5.54. The molecule has 0 spiro atoms. The molecule has 88 valence electrons. The molecule has 1 aliphatic carbocycles. The average molecular weight is 210 g/mol. The predicted octanol–water partition coefficient (Wildman–Crippen LogP) is 2.11. The van der Waals surface area contributed by atoms with Crippen molar-refractivity contribution in [2.45, 2.75) is 45.1 Å². The van der Waals surface area contributed by atoms with E-state index >= 15 is 0 Å². The van der Waals surface area contributed by atoms with Crippen LogP contribution in [0.5, 0.6) is 0 Å². The maximum Gasteiger partial charge on any atom is 0.00362 e. The predicted molar refractivity (Wildman–Crippen MR) is 65.0 cm³/mol. The Kier molecular flexibility index (Phi) is 4.04. The van der Waals surface area contributed by atoms with Gasteiger partial charge in [0.05, 0.1) is 0 Å². The van der Waals surface area contributed by atoms with E-state index in [9.17, 15) is 0 Å². The molecule has 1 heterocycles. The van der Waals surface area contributed by atoms with Crippen molar-refractivity contribution in [3.05, 3.63) is 0 Å². The third-order valence-electron chi connectivity index (χ3n) is 4.41. The van der Waals surface area contributed by atoms with Crippen LogP contribution in [0.1, 0.15) is 39.0 Å². The topological polar surface area (TPSA) is 15.3 Å². The second kappa shape index (κ2) is 5.31. The Morgan fingerprint density at radius 3 is 2.53 bits per heavy atom. The number of nitrogens with one attached hydrogen (secondary N) is 1. The summed E-state index contributed by atoms with van der Waals surface area (Å²) in [6, 6.07) is 0.687. The van der Waals surface area contributed by atoms with Gasteiger partial charge in [-0.2, -0.15) is 0 Å². The minimum atomic E-state index is 0.687. The molecule has 2 fully saturated rings. The molecule has 2 aliphatic rings. The van der Waals surface area contributed by atoms with Gasteiger partial charge in [0.25, 0.3) is 0 Å². The second-order valence-electron chi connectivity index (χ2n) is 5.54. The van der Waals surface area contributed by atoms with Crippen molar-refractivity contribution < 1.29 is 0 Å². The quantitative estimate of drug-likeness (QED) is 0.747. The number of hydrogen-bond acceptors (Lipinski definition) is 2. The largest absolute Gasteiger partial charge is 0.317 e. The van der Waals surface area contributed by atoms with Gasteiger partial charge in [0.1, 0.15) is 0 Å². The van der Waals surface area contributed by atoms with Gasteiger partial charge >= 0.3 is 0 Å². The van der Waals surface area contributed by atoms with E-state index in [-0.39, 0.29) is 0 Å². The van der Waals surface area contributed by atoms with E-state index in [0.717, 1.165) is 11.8 Å². The highest BCUT2D eigenvalue weighted by molar-refractivity contribution is 4.88. The van der Waals surface area contributed by atoms with Crippen molar-refractivity contribution in [1.82, 2.24) is 10.2 Å². The Hall–Kier alpha value is -0.0800. The van der Waals surface area contributed by atoms with Crippen molar-refractivity contribution in [1.29, 1.82) is 0 Å². The standard InChI is InChI=1S/C13H26N2/c1-11(14-2)5-4-8-15-9-12-6-3-7-13(12)10-15/h11-14H,3-10H2,1-2H3. The monoisotopic (exact) mass is 210 g/mol. The highest BCUT2D eigenvalue weighted by Gasteiger charge is 2.35. The van der Waals surface area contributed by atoms with Crippen LogP contribution in [-0.2, 0) is 0 Å². The van der Waals surface area contributed by atoms with Gasteiger partial charge in [-0.3, -0.25) is 0 Å². The maximum atomic E-state index is 3.31. The lowest BCUT2D eigenvalue weighted by Gasteiger charge is -2.17. The Balaban J connectivity index is 1.61. The van der Waals surface area contributed by atoms with Crippen LogP contribution >= 0.6 is 0 Å². The van der Waals surface area contributed by atoms with Gasteiger partial charge in [0.15, 0.2) is 0 Å². The Morgan fingerprint density at radius 1 is 1.27 bits per heavy atom. The van der Waals surface area contributed by atoms with Crippen LogP contribution in [0.4, 0.5) is 0 Å². The fourth-order valence-corrected chi connectivity index (χ4v) is 3.28. The zero-order valence-electron chi connectivity index (χ0n) is 10.3. The van der Waals surface area contributed by atoms with Gasteiger partial charge in [-0.1, -0.05) is 6.42 Å². The fourth-order valence-electron chi connectivity index (χ4n) is 3.28. The van der Waals surface area contributed by atoms with E-state index in [2.05, 4.69) is 24.2 Å². The molecule has 2 nitrogen and oxygen atoms in total. The first-order valence-electron chi connectivity index (χ1n) is 6.69. The highest BCUT2D eigenvalue weighted by Crippen LogP contribution is 2.37. The van der Waals surface area contributed by atoms with Crippen LogP contribution in [0.25, 0.3) is 0 Å². The first-order chi connectivity index (χ1) is 7.29. The molecule has 0 aromatic carbocycles. The molecular formula is C13H26N2. The van der Waals surface area contributed by atoms with Crippen LogP contribution in [0, 0.1) is 11.8 Å². The first-order valence-corrected chi connectivity index (χ1v) is 6.69. The molecule has 1 aliphatic heterocycles. The Morgan fingerprint density at radius 2 is 1.93 bits per heavy atom. The molecule has 2 rings (SSSR count). The van der Waals surface area contributed by atoms with Crippen LogP contribution in [0.15, 0.2) is 0 Å². The van der Waals surface area contributed by atoms with Crippen molar-refractivity contribution >= 4 is 0 Å². The fraction of sp³-hybridized carbons (Fsp3) is 1.00. The van der Waals surface area contributed by atoms with Crippen LogP contribution < -0.4 is 5.32 Å². The summed E-state index contributed by atoms with van der Waals surface area (Å²) < 4.78 is 0. The molecule has 0 bridgehead atoms. The first kappa shape index (κ1) is 11.4. The number of hydrogen-bond donors (Lipinski definition) is 1. The van der Waals surface area contributed by atoms with E-state index in [1.54, 1.807) is 0 Å².